The van der Waals surface area contributed by atoms with Gasteiger partial charge in [0.15, 0.2) is 140 Å². The highest BCUT2D eigenvalue weighted by Crippen LogP contribution is 2.44. The van der Waals surface area contributed by atoms with Crippen molar-refractivity contribution >= 4 is 28.0 Å². The lowest BCUT2D eigenvalue weighted by atomic mass is 9.12. The summed E-state index contributed by atoms with van der Waals surface area (Å²) in [5, 5.41) is 0. The topological polar surface area (TPSA) is 0 Å². The smallest absolute Gasteiger partial charge is 0.200 e. The van der Waals surface area contributed by atoms with E-state index in [0.29, 0.717) is 0 Å². The largest absolute Gasteiger partial charge is 0.207 e. The number of halogens is 36. The van der Waals surface area contributed by atoms with Gasteiger partial charge < -0.3 is 0 Å². The summed E-state index contributed by atoms with van der Waals surface area (Å²) in [4.78, 5) is 0. The second kappa shape index (κ2) is 20.8. The van der Waals surface area contributed by atoms with Crippen molar-refractivity contribution in [3.8, 4) is 44.5 Å². The molecule has 0 amide bonds. The van der Waals surface area contributed by atoms with Crippen molar-refractivity contribution < 1.29 is 158 Å². The van der Waals surface area contributed by atoms with E-state index in [1.807, 2.05) is 0 Å². The summed E-state index contributed by atoms with van der Waals surface area (Å²) in [6.45, 7) is 0. The van der Waals surface area contributed by atoms with Gasteiger partial charge in [-0.05, 0) is 0 Å². The van der Waals surface area contributed by atoms with Crippen molar-refractivity contribution in [2.45, 2.75) is 0 Å². The second-order valence-corrected chi connectivity index (χ2v) is 16.8. The molecule has 0 fully saturated rings. The van der Waals surface area contributed by atoms with Crippen LogP contribution >= 0.6 is 0 Å². The molecule has 0 nitrogen and oxygen atoms in total. The lowest BCUT2D eigenvalue weighted by Gasteiger charge is -2.45. The van der Waals surface area contributed by atoms with Crippen molar-refractivity contribution in [3.05, 3.63) is 209 Å². The number of rotatable bonds is 8. The molecule has 0 aliphatic rings. The highest BCUT2D eigenvalue weighted by molar-refractivity contribution is 7.20. The Balaban J connectivity index is 1.80. The minimum absolute atomic E-state index is 3.39. The van der Waals surface area contributed by atoms with Crippen LogP contribution < -0.4 is 21.9 Å². The monoisotopic (exact) mass is 1270 g/mol. The molecule has 0 radical (unpaired) electrons. The maximum atomic E-state index is 17.4. The molecule has 0 heterocycles. The van der Waals surface area contributed by atoms with Gasteiger partial charge in [0, 0.05) is 0 Å². The predicted molar refractivity (Wildman–Crippen MR) is 210 cm³/mol. The molecule has 8 rings (SSSR count). The van der Waals surface area contributed by atoms with Crippen LogP contribution in [-0.2, 0) is 0 Å². The molecule has 0 saturated heterocycles. The summed E-state index contributed by atoms with van der Waals surface area (Å²) in [6, 6.07) is 0. The molecule has 0 aromatic heterocycles. The van der Waals surface area contributed by atoms with Crippen LogP contribution in [0.3, 0.4) is 0 Å². The first-order chi connectivity index (χ1) is 39.3. The molecule has 0 N–H and O–H groups in total. The maximum absolute atomic E-state index is 17.4. The standard InChI is InChI=1S/C48BF36/c50-13-1(5-21(58)37(74)45(82)38(75)22(5)59)14(51)30(67)9(29(13)66)49(10-31(68)15(52)2(16(53)32(10)69)6-23(60)39(76)46(83)40(77)24(6)61,11-33(70)17(54)3(18(55)34(11)71)7-25(62)41(78)47(84)42(79)26(7)63)12-35(72)19(56)4(20(57)36(12)73)8-27(64)43(80)48(85)44(81)28(8)65/q-1. The maximum Gasteiger partial charge on any atom is 0.200 e. The Labute approximate surface area is 439 Å². The predicted octanol–water partition coefficient (Wildman–Crippen LogP) is 14.7. The minimum atomic E-state index is -8.58. The molecular formula is C48BF36-. The lowest BCUT2D eigenvalue weighted by molar-refractivity contribution is 0.379. The molecule has 0 aliphatic heterocycles. The van der Waals surface area contributed by atoms with E-state index >= 15 is 105 Å². The lowest BCUT2D eigenvalue weighted by Crippen LogP contribution is -2.81. The quantitative estimate of drug-likeness (QED) is 0.0616. The first kappa shape index (κ1) is 62.4. The van der Waals surface area contributed by atoms with E-state index in [2.05, 4.69) is 0 Å². The normalized spacial score (nSPS) is 12.0. The van der Waals surface area contributed by atoms with Gasteiger partial charge in [-0.3, -0.25) is 0 Å². The molecule has 37 heteroatoms. The highest BCUT2D eigenvalue weighted by atomic mass is 19.2. The third-order valence-corrected chi connectivity index (χ3v) is 12.8. The van der Waals surface area contributed by atoms with Gasteiger partial charge in [-0.1, -0.05) is 0 Å². The van der Waals surface area contributed by atoms with Crippen LogP contribution in [0.4, 0.5) is 158 Å². The third kappa shape index (κ3) is 8.12. The van der Waals surface area contributed by atoms with Crippen LogP contribution in [0.25, 0.3) is 44.5 Å². The fourth-order valence-corrected chi connectivity index (χ4v) is 9.16. The highest BCUT2D eigenvalue weighted by Gasteiger charge is 2.54. The van der Waals surface area contributed by atoms with Gasteiger partial charge in [-0.15, -0.1) is 21.9 Å². The van der Waals surface area contributed by atoms with Crippen molar-refractivity contribution in [3.63, 3.8) is 0 Å². The van der Waals surface area contributed by atoms with Crippen molar-refractivity contribution in [1.82, 2.24) is 0 Å². The van der Waals surface area contributed by atoms with Crippen LogP contribution in [0.5, 0.6) is 0 Å². The van der Waals surface area contributed by atoms with E-state index < -0.39 is 282 Å². The van der Waals surface area contributed by atoms with Crippen LogP contribution in [0.15, 0.2) is 0 Å². The van der Waals surface area contributed by atoms with Crippen molar-refractivity contribution in [2.75, 3.05) is 0 Å². The zero-order valence-electron chi connectivity index (χ0n) is 38.2. The molecule has 85 heavy (non-hydrogen) atoms. The number of hydrogen-bond donors (Lipinski definition) is 0. The molecule has 8 aromatic carbocycles. The van der Waals surface area contributed by atoms with Crippen molar-refractivity contribution in [2.24, 2.45) is 0 Å². The Morgan fingerprint density at radius 2 is 0.165 bits per heavy atom. The minimum Gasteiger partial charge on any atom is -0.207 e. The van der Waals surface area contributed by atoms with E-state index in [9.17, 15) is 52.7 Å². The summed E-state index contributed by atoms with van der Waals surface area (Å²) in [7, 11) is 0. The Bertz CT molecular complexity index is 3590. The zero-order chi connectivity index (χ0) is 64.2. The van der Waals surface area contributed by atoms with Gasteiger partial charge in [0.25, 0.3) is 0 Å². The van der Waals surface area contributed by atoms with E-state index in [1.165, 1.54) is 0 Å². The summed E-state index contributed by atoms with van der Waals surface area (Å²) < 4.78 is 565. The molecule has 0 saturated carbocycles. The third-order valence-electron chi connectivity index (χ3n) is 12.8. The van der Waals surface area contributed by atoms with E-state index in [1.54, 1.807) is 0 Å². The molecule has 8 aromatic rings. The first-order valence-corrected chi connectivity index (χ1v) is 21.0. The SMILES string of the molecule is Fc1c(F)c(F)c(-c2c(F)c(F)c([B-](c3c(F)c(F)c(-c4c(F)c(F)c(F)c(F)c4F)c(F)c3F)(c3c(F)c(F)c(-c4c(F)c(F)c(F)c(F)c4F)c(F)c3F)c3c(F)c(F)c(-c4c(F)c(F)c(F)c(F)c4F)c(F)c3F)c(F)c2F)c(F)c1F. The molecule has 0 atom stereocenters. The molecule has 0 unspecified atom stereocenters. The van der Waals surface area contributed by atoms with Crippen LogP contribution in [-0.4, -0.2) is 6.15 Å². The fourth-order valence-electron chi connectivity index (χ4n) is 9.16. The number of hydrogen-bond acceptors (Lipinski definition) is 0. The molecular weight excluding hydrogens is 1270 g/mol. The summed E-state index contributed by atoms with van der Waals surface area (Å²) in [5.74, 6) is -142. The summed E-state index contributed by atoms with van der Waals surface area (Å²) >= 11 is 0. The van der Waals surface area contributed by atoms with Gasteiger partial charge in [0.1, 0.15) is 52.7 Å². The van der Waals surface area contributed by atoms with Crippen LogP contribution in [0.1, 0.15) is 0 Å². The van der Waals surface area contributed by atoms with Crippen LogP contribution in [0, 0.1) is 209 Å². The average Bonchev–Trinajstić information content (AvgIpc) is 0.726. The first-order valence-electron chi connectivity index (χ1n) is 21.0. The molecule has 0 aliphatic carbocycles. The zero-order valence-corrected chi connectivity index (χ0v) is 38.2. The van der Waals surface area contributed by atoms with Crippen molar-refractivity contribution in [1.29, 1.82) is 0 Å². The van der Waals surface area contributed by atoms with Gasteiger partial charge >= 0.3 is 0 Å². The second-order valence-electron chi connectivity index (χ2n) is 16.8. The van der Waals surface area contributed by atoms with E-state index in [-0.39, 0.29) is 0 Å². The van der Waals surface area contributed by atoms with E-state index in [0.717, 1.165) is 0 Å². The van der Waals surface area contributed by atoms with Gasteiger partial charge in [-0.2, -0.15) is 0 Å². The summed E-state index contributed by atoms with van der Waals surface area (Å²) in [5.41, 5.74) is -46.1. The molecule has 0 bridgehead atoms. The average molecular weight is 1270 g/mol. The van der Waals surface area contributed by atoms with Crippen LogP contribution in [0.2, 0.25) is 0 Å². The van der Waals surface area contributed by atoms with E-state index in [4.69, 9.17) is 0 Å². The Hall–Kier alpha value is -8.70. The van der Waals surface area contributed by atoms with Gasteiger partial charge in [0.05, 0.1) is 44.5 Å². The van der Waals surface area contributed by atoms with Gasteiger partial charge in [0.2, 0.25) is 23.3 Å². The summed E-state index contributed by atoms with van der Waals surface area (Å²) in [6.07, 6.45) is -8.58. The Morgan fingerprint density at radius 1 is 0.0941 bits per heavy atom. The molecule has 0 spiro atoms. The van der Waals surface area contributed by atoms with Gasteiger partial charge in [-0.25, -0.2) is 158 Å². The fraction of sp³-hybridized carbons (Fsp3) is 0. The Morgan fingerprint density at radius 3 is 0.259 bits per heavy atom. The number of benzene rings is 8. The Kier molecular flexibility index (Phi) is 15.3. The molecule has 448 valence electrons.